The van der Waals surface area contributed by atoms with Crippen LogP contribution >= 0.6 is 0 Å². The summed E-state index contributed by atoms with van der Waals surface area (Å²) >= 11 is 0. The Hall–Kier alpha value is -1.09. The second kappa shape index (κ2) is 5.85. The highest BCUT2D eigenvalue weighted by Crippen LogP contribution is 2.18. The quantitative estimate of drug-likeness (QED) is 0.754. The van der Waals surface area contributed by atoms with Crippen LogP contribution < -0.4 is 11.1 Å². The summed E-state index contributed by atoms with van der Waals surface area (Å²) < 4.78 is 13.2. The van der Waals surface area contributed by atoms with Crippen LogP contribution in [0.4, 0.5) is 10.1 Å². The van der Waals surface area contributed by atoms with Crippen molar-refractivity contribution in [3.63, 3.8) is 0 Å². The average molecular weight is 224 g/mol. The van der Waals surface area contributed by atoms with Crippen LogP contribution in [0.15, 0.2) is 18.2 Å². The topological polar surface area (TPSA) is 38.0 Å². The SMILES string of the molecule is CC(C)CCN[C@H](C)c1ccc(N)c(F)c1. The van der Waals surface area contributed by atoms with Crippen molar-refractivity contribution in [2.45, 2.75) is 33.2 Å². The van der Waals surface area contributed by atoms with Gasteiger partial charge in [-0.25, -0.2) is 4.39 Å². The number of halogens is 1. The molecule has 0 aliphatic rings. The first kappa shape index (κ1) is 13.0. The molecule has 0 heterocycles. The van der Waals surface area contributed by atoms with Crippen LogP contribution in [-0.4, -0.2) is 6.54 Å². The van der Waals surface area contributed by atoms with E-state index in [4.69, 9.17) is 5.73 Å². The summed E-state index contributed by atoms with van der Waals surface area (Å²) in [5, 5.41) is 3.37. The molecule has 1 atom stereocenters. The van der Waals surface area contributed by atoms with Gasteiger partial charge in [-0.3, -0.25) is 0 Å². The zero-order valence-corrected chi connectivity index (χ0v) is 10.3. The highest BCUT2D eigenvalue weighted by Gasteiger charge is 2.07. The third-order valence-electron chi connectivity index (χ3n) is 2.70. The highest BCUT2D eigenvalue weighted by molar-refractivity contribution is 5.41. The van der Waals surface area contributed by atoms with Crippen molar-refractivity contribution in [2.75, 3.05) is 12.3 Å². The molecule has 0 spiro atoms. The summed E-state index contributed by atoms with van der Waals surface area (Å²) in [6, 6.07) is 5.15. The Morgan fingerprint density at radius 1 is 1.31 bits per heavy atom. The lowest BCUT2D eigenvalue weighted by molar-refractivity contribution is 0.495. The van der Waals surface area contributed by atoms with Gasteiger partial charge in [0.15, 0.2) is 0 Å². The van der Waals surface area contributed by atoms with Crippen molar-refractivity contribution < 1.29 is 4.39 Å². The number of hydrogen-bond acceptors (Lipinski definition) is 2. The predicted molar refractivity (Wildman–Crippen MR) is 66.7 cm³/mol. The van der Waals surface area contributed by atoms with Crippen LogP contribution in [-0.2, 0) is 0 Å². The van der Waals surface area contributed by atoms with E-state index in [2.05, 4.69) is 19.2 Å². The molecule has 0 aromatic heterocycles. The normalized spacial score (nSPS) is 13.1. The van der Waals surface area contributed by atoms with Crippen molar-refractivity contribution in [3.05, 3.63) is 29.6 Å². The molecule has 2 nitrogen and oxygen atoms in total. The van der Waals surface area contributed by atoms with E-state index in [0.29, 0.717) is 5.92 Å². The van der Waals surface area contributed by atoms with Crippen LogP contribution in [0.5, 0.6) is 0 Å². The first-order valence-corrected chi connectivity index (χ1v) is 5.79. The summed E-state index contributed by atoms with van der Waals surface area (Å²) in [7, 11) is 0. The Balaban J connectivity index is 2.52. The van der Waals surface area contributed by atoms with Crippen LogP contribution in [0.25, 0.3) is 0 Å². The van der Waals surface area contributed by atoms with E-state index in [1.54, 1.807) is 6.07 Å². The van der Waals surface area contributed by atoms with Crippen LogP contribution in [0, 0.1) is 11.7 Å². The van der Waals surface area contributed by atoms with Gasteiger partial charge in [0.2, 0.25) is 0 Å². The molecule has 0 bridgehead atoms. The van der Waals surface area contributed by atoms with Crippen molar-refractivity contribution in [1.29, 1.82) is 0 Å². The van der Waals surface area contributed by atoms with Gasteiger partial charge in [0.25, 0.3) is 0 Å². The number of nitrogens with two attached hydrogens (primary N) is 1. The van der Waals surface area contributed by atoms with E-state index >= 15 is 0 Å². The molecule has 0 unspecified atom stereocenters. The number of benzene rings is 1. The van der Waals surface area contributed by atoms with Gasteiger partial charge >= 0.3 is 0 Å². The molecule has 1 rings (SSSR count). The van der Waals surface area contributed by atoms with E-state index in [0.717, 1.165) is 18.5 Å². The van der Waals surface area contributed by atoms with Gasteiger partial charge in [-0.2, -0.15) is 0 Å². The van der Waals surface area contributed by atoms with Gasteiger partial charge in [0, 0.05) is 6.04 Å². The summed E-state index contributed by atoms with van der Waals surface area (Å²) in [6.07, 6.45) is 1.13. The van der Waals surface area contributed by atoms with Crippen molar-refractivity contribution >= 4 is 5.69 Å². The van der Waals surface area contributed by atoms with Gasteiger partial charge in [-0.05, 0) is 43.5 Å². The smallest absolute Gasteiger partial charge is 0.146 e. The van der Waals surface area contributed by atoms with E-state index in [-0.39, 0.29) is 17.5 Å². The van der Waals surface area contributed by atoms with Gasteiger partial charge < -0.3 is 11.1 Å². The minimum absolute atomic E-state index is 0.161. The van der Waals surface area contributed by atoms with E-state index in [1.807, 2.05) is 13.0 Å². The third kappa shape index (κ3) is 3.81. The molecule has 0 aliphatic heterocycles. The Kier molecular flexibility index (Phi) is 4.74. The molecule has 3 heteroatoms. The zero-order chi connectivity index (χ0) is 12.1. The monoisotopic (exact) mass is 224 g/mol. The largest absolute Gasteiger partial charge is 0.396 e. The first-order chi connectivity index (χ1) is 7.50. The summed E-state index contributed by atoms with van der Waals surface area (Å²) in [4.78, 5) is 0. The number of anilines is 1. The van der Waals surface area contributed by atoms with Crippen molar-refractivity contribution in [1.82, 2.24) is 5.32 Å². The maximum Gasteiger partial charge on any atom is 0.146 e. The Bertz CT molecular complexity index is 337. The molecule has 3 N–H and O–H groups in total. The summed E-state index contributed by atoms with van der Waals surface area (Å²) in [5.74, 6) is 0.345. The Morgan fingerprint density at radius 3 is 2.56 bits per heavy atom. The van der Waals surface area contributed by atoms with Crippen LogP contribution in [0.3, 0.4) is 0 Å². The molecule has 0 saturated heterocycles. The molecular formula is C13H21FN2. The van der Waals surface area contributed by atoms with Gasteiger partial charge in [0.1, 0.15) is 5.82 Å². The van der Waals surface area contributed by atoms with Crippen molar-refractivity contribution in [2.24, 2.45) is 5.92 Å². The zero-order valence-electron chi connectivity index (χ0n) is 10.3. The molecular weight excluding hydrogens is 203 g/mol. The standard InChI is InChI=1S/C13H21FN2/c1-9(2)6-7-16-10(3)11-4-5-13(15)12(14)8-11/h4-5,8-10,16H,6-7,15H2,1-3H3/t10-/m1/s1. The molecule has 0 aliphatic carbocycles. The number of nitrogen functional groups attached to an aromatic ring is 1. The molecule has 1 aromatic carbocycles. The lowest BCUT2D eigenvalue weighted by atomic mass is 10.1. The lowest BCUT2D eigenvalue weighted by Gasteiger charge is -2.15. The molecule has 16 heavy (non-hydrogen) atoms. The fraction of sp³-hybridized carbons (Fsp3) is 0.538. The average Bonchev–Trinajstić information content (AvgIpc) is 2.21. The van der Waals surface area contributed by atoms with Gasteiger partial charge in [-0.15, -0.1) is 0 Å². The van der Waals surface area contributed by atoms with Crippen LogP contribution in [0.1, 0.15) is 38.8 Å². The fourth-order valence-corrected chi connectivity index (χ4v) is 1.52. The summed E-state index contributed by atoms with van der Waals surface area (Å²) in [5.41, 5.74) is 6.58. The lowest BCUT2D eigenvalue weighted by Crippen LogP contribution is -2.21. The minimum Gasteiger partial charge on any atom is -0.396 e. The molecule has 1 aromatic rings. The fourth-order valence-electron chi connectivity index (χ4n) is 1.52. The predicted octanol–water partition coefficient (Wildman–Crippen LogP) is 3.10. The Morgan fingerprint density at radius 2 is 2.00 bits per heavy atom. The highest BCUT2D eigenvalue weighted by atomic mass is 19.1. The second-order valence-corrected chi connectivity index (χ2v) is 4.64. The molecule has 0 fully saturated rings. The van der Waals surface area contributed by atoms with Gasteiger partial charge in [0.05, 0.1) is 5.69 Å². The second-order valence-electron chi connectivity index (χ2n) is 4.64. The van der Waals surface area contributed by atoms with E-state index < -0.39 is 0 Å². The maximum atomic E-state index is 13.2. The Labute approximate surface area is 97.0 Å². The number of hydrogen-bond donors (Lipinski definition) is 2. The molecule has 0 saturated carbocycles. The summed E-state index contributed by atoms with van der Waals surface area (Å²) in [6.45, 7) is 7.36. The maximum absolute atomic E-state index is 13.2. The van der Waals surface area contributed by atoms with E-state index in [1.165, 1.54) is 6.07 Å². The van der Waals surface area contributed by atoms with Crippen molar-refractivity contribution in [3.8, 4) is 0 Å². The minimum atomic E-state index is -0.338. The molecule has 0 radical (unpaired) electrons. The van der Waals surface area contributed by atoms with Crippen LogP contribution in [0.2, 0.25) is 0 Å². The molecule has 90 valence electrons. The van der Waals surface area contributed by atoms with Gasteiger partial charge in [-0.1, -0.05) is 19.9 Å². The van der Waals surface area contributed by atoms with E-state index in [9.17, 15) is 4.39 Å². The third-order valence-corrected chi connectivity index (χ3v) is 2.70. The number of rotatable bonds is 5. The first-order valence-electron chi connectivity index (χ1n) is 5.79. The molecule has 0 amide bonds. The number of nitrogens with one attached hydrogen (secondary N) is 1.